The van der Waals surface area contributed by atoms with Crippen molar-refractivity contribution in [1.29, 1.82) is 0 Å². The van der Waals surface area contributed by atoms with Crippen LogP contribution in [0.5, 0.6) is 0 Å². The summed E-state index contributed by atoms with van der Waals surface area (Å²) in [6, 6.07) is 9.07. The summed E-state index contributed by atoms with van der Waals surface area (Å²) in [7, 11) is 0. The number of amides is 1. The number of furan rings is 1. The van der Waals surface area contributed by atoms with Gasteiger partial charge < -0.3 is 24.3 Å². The Morgan fingerprint density at radius 2 is 2.27 bits per heavy atom. The second-order valence-electron chi connectivity index (χ2n) is 5.22. The molecule has 1 aromatic heterocycles. The molecule has 118 valence electrons. The molecule has 22 heavy (non-hydrogen) atoms. The predicted octanol–water partition coefficient (Wildman–Crippen LogP) is 1.33. The zero-order valence-corrected chi connectivity index (χ0v) is 12.2. The van der Waals surface area contributed by atoms with E-state index in [0.29, 0.717) is 25.2 Å². The smallest absolute Gasteiger partial charge is 0.287 e. The van der Waals surface area contributed by atoms with Crippen molar-refractivity contribution in [2.45, 2.75) is 18.6 Å². The van der Waals surface area contributed by atoms with Gasteiger partial charge in [0, 0.05) is 12.0 Å². The van der Waals surface area contributed by atoms with Crippen molar-refractivity contribution in [2.75, 3.05) is 26.4 Å². The maximum absolute atomic E-state index is 12.4. The third-order valence-electron chi connectivity index (χ3n) is 3.69. The molecule has 1 fully saturated rings. The van der Waals surface area contributed by atoms with Gasteiger partial charge in [-0.15, -0.1) is 0 Å². The van der Waals surface area contributed by atoms with E-state index in [4.69, 9.17) is 19.0 Å². The summed E-state index contributed by atoms with van der Waals surface area (Å²) in [6.07, 6.45) is 0.413. The van der Waals surface area contributed by atoms with Gasteiger partial charge in [-0.1, -0.05) is 18.2 Å². The van der Waals surface area contributed by atoms with Gasteiger partial charge in [-0.25, -0.2) is 0 Å². The van der Waals surface area contributed by atoms with Crippen LogP contribution in [0.25, 0.3) is 11.0 Å². The molecule has 1 aliphatic heterocycles. The van der Waals surface area contributed by atoms with Crippen LogP contribution in [0.2, 0.25) is 0 Å². The Kier molecular flexibility index (Phi) is 4.72. The van der Waals surface area contributed by atoms with Crippen LogP contribution in [-0.2, 0) is 9.47 Å². The first-order chi connectivity index (χ1) is 10.8. The van der Waals surface area contributed by atoms with E-state index in [1.807, 2.05) is 24.3 Å². The van der Waals surface area contributed by atoms with Crippen molar-refractivity contribution in [3.63, 3.8) is 0 Å². The lowest BCUT2D eigenvalue weighted by Crippen LogP contribution is -2.50. The van der Waals surface area contributed by atoms with Crippen LogP contribution in [0.15, 0.2) is 34.7 Å². The summed E-state index contributed by atoms with van der Waals surface area (Å²) in [4.78, 5) is 12.4. The summed E-state index contributed by atoms with van der Waals surface area (Å²) in [5.41, 5.74) is 0.688. The van der Waals surface area contributed by atoms with E-state index in [1.54, 1.807) is 6.07 Å². The molecule has 0 aliphatic carbocycles. The molecule has 2 aromatic rings. The second-order valence-corrected chi connectivity index (χ2v) is 5.22. The second kappa shape index (κ2) is 6.91. The molecule has 3 rings (SSSR count). The number of carbonyl (C=O) groups is 1. The van der Waals surface area contributed by atoms with E-state index in [-0.39, 0.29) is 37.0 Å². The van der Waals surface area contributed by atoms with E-state index in [0.717, 1.165) is 5.39 Å². The van der Waals surface area contributed by atoms with Gasteiger partial charge in [0.05, 0.1) is 25.9 Å². The van der Waals surface area contributed by atoms with Crippen LogP contribution in [0.1, 0.15) is 17.0 Å². The monoisotopic (exact) mass is 305 g/mol. The summed E-state index contributed by atoms with van der Waals surface area (Å²) < 4.78 is 16.4. The third-order valence-corrected chi connectivity index (χ3v) is 3.69. The van der Waals surface area contributed by atoms with Crippen LogP contribution >= 0.6 is 0 Å². The molecule has 6 nitrogen and oxygen atoms in total. The molecule has 0 radical (unpaired) electrons. The molecule has 2 heterocycles. The molecule has 1 amide bonds. The number of fused-ring (bicyclic) bond motifs is 1. The molecule has 6 heteroatoms. The molecule has 1 aromatic carbocycles. The molecular formula is C16H19NO5. The number of para-hydroxylation sites is 1. The number of nitrogens with one attached hydrogen (secondary N) is 1. The van der Waals surface area contributed by atoms with Gasteiger partial charge in [0.25, 0.3) is 5.91 Å². The average molecular weight is 305 g/mol. The van der Waals surface area contributed by atoms with Crippen LogP contribution < -0.4 is 5.32 Å². The van der Waals surface area contributed by atoms with Gasteiger partial charge in [0.1, 0.15) is 11.7 Å². The molecule has 1 saturated heterocycles. The van der Waals surface area contributed by atoms with Crippen molar-refractivity contribution in [3.05, 3.63) is 36.1 Å². The van der Waals surface area contributed by atoms with Crippen molar-refractivity contribution < 1.29 is 23.8 Å². The van der Waals surface area contributed by atoms with E-state index in [1.165, 1.54) is 0 Å². The largest absolute Gasteiger partial charge is 0.451 e. The first-order valence-corrected chi connectivity index (χ1v) is 7.37. The van der Waals surface area contributed by atoms with Crippen molar-refractivity contribution in [1.82, 2.24) is 5.32 Å². The summed E-state index contributed by atoms with van der Waals surface area (Å²) in [6.45, 7) is 1.15. The quantitative estimate of drug-likeness (QED) is 0.871. The van der Waals surface area contributed by atoms with E-state index < -0.39 is 0 Å². The Morgan fingerprint density at radius 1 is 1.41 bits per heavy atom. The standard InChI is InChI=1S/C16H19NO5/c18-6-8-21-15-10-20-7-5-12(15)17-16(19)14-9-11-3-1-2-4-13(11)22-14/h1-4,9,12,15,18H,5-8,10H2,(H,17,19)/t12-,15-/m1/s1. The van der Waals surface area contributed by atoms with Gasteiger partial charge in [0.15, 0.2) is 5.76 Å². The summed E-state index contributed by atoms with van der Waals surface area (Å²) in [5, 5.41) is 12.7. The lowest BCUT2D eigenvalue weighted by atomic mass is 10.1. The normalized spacial score (nSPS) is 21.9. The van der Waals surface area contributed by atoms with Gasteiger partial charge in [0.2, 0.25) is 0 Å². The van der Waals surface area contributed by atoms with Crippen LogP contribution in [0.3, 0.4) is 0 Å². The minimum atomic E-state index is -0.263. The van der Waals surface area contributed by atoms with Gasteiger partial charge in [-0.3, -0.25) is 4.79 Å². The highest BCUT2D eigenvalue weighted by Gasteiger charge is 2.29. The van der Waals surface area contributed by atoms with E-state index in [9.17, 15) is 4.79 Å². The van der Waals surface area contributed by atoms with Crippen molar-refractivity contribution in [3.8, 4) is 0 Å². The highest BCUT2D eigenvalue weighted by molar-refractivity contribution is 5.96. The third kappa shape index (κ3) is 3.30. The number of rotatable bonds is 5. The van der Waals surface area contributed by atoms with E-state index >= 15 is 0 Å². The summed E-state index contributed by atoms with van der Waals surface area (Å²) in [5.74, 6) is 0.0225. The zero-order chi connectivity index (χ0) is 15.4. The highest BCUT2D eigenvalue weighted by Crippen LogP contribution is 2.19. The number of benzene rings is 1. The Morgan fingerprint density at radius 3 is 3.09 bits per heavy atom. The fourth-order valence-corrected chi connectivity index (χ4v) is 2.58. The Labute approximate surface area is 128 Å². The molecule has 0 saturated carbocycles. The average Bonchev–Trinajstić information content (AvgIpc) is 2.98. The predicted molar refractivity (Wildman–Crippen MR) is 79.7 cm³/mol. The topological polar surface area (TPSA) is 80.9 Å². The first-order valence-electron chi connectivity index (χ1n) is 7.37. The number of aliphatic hydroxyl groups excluding tert-OH is 1. The zero-order valence-electron chi connectivity index (χ0n) is 12.2. The van der Waals surface area contributed by atoms with Crippen LogP contribution in [0.4, 0.5) is 0 Å². The molecule has 0 spiro atoms. The van der Waals surface area contributed by atoms with Gasteiger partial charge in [-0.2, -0.15) is 0 Å². The fourth-order valence-electron chi connectivity index (χ4n) is 2.58. The number of ether oxygens (including phenoxy) is 2. The number of hydrogen-bond acceptors (Lipinski definition) is 5. The number of carbonyl (C=O) groups excluding carboxylic acids is 1. The molecule has 0 unspecified atom stereocenters. The van der Waals surface area contributed by atoms with Gasteiger partial charge in [-0.05, 0) is 18.6 Å². The lowest BCUT2D eigenvalue weighted by molar-refractivity contribution is -0.0738. The van der Waals surface area contributed by atoms with Crippen LogP contribution in [0, 0.1) is 0 Å². The van der Waals surface area contributed by atoms with E-state index in [2.05, 4.69) is 5.32 Å². The number of aliphatic hydroxyl groups is 1. The van der Waals surface area contributed by atoms with Crippen molar-refractivity contribution in [2.24, 2.45) is 0 Å². The lowest BCUT2D eigenvalue weighted by Gasteiger charge is -2.31. The fraction of sp³-hybridized carbons (Fsp3) is 0.438. The Bertz CT molecular complexity index is 605. The SMILES string of the molecule is O=C(N[C@@H]1CCOC[C@H]1OCCO)c1cc2ccccc2o1. The minimum Gasteiger partial charge on any atom is -0.451 e. The molecule has 2 N–H and O–H groups in total. The maximum Gasteiger partial charge on any atom is 0.287 e. The maximum atomic E-state index is 12.4. The van der Waals surface area contributed by atoms with Crippen molar-refractivity contribution >= 4 is 16.9 Å². The first kappa shape index (κ1) is 15.0. The van der Waals surface area contributed by atoms with Crippen LogP contribution in [-0.4, -0.2) is 49.6 Å². The minimum absolute atomic E-state index is 0.0548. The Balaban J connectivity index is 1.68. The molecule has 2 atom stereocenters. The Hall–Kier alpha value is -1.89. The van der Waals surface area contributed by atoms with Gasteiger partial charge >= 0.3 is 0 Å². The number of hydrogen-bond donors (Lipinski definition) is 2. The molecular weight excluding hydrogens is 286 g/mol. The summed E-state index contributed by atoms with van der Waals surface area (Å²) >= 11 is 0. The molecule has 0 bridgehead atoms. The molecule has 1 aliphatic rings. The highest BCUT2D eigenvalue weighted by atomic mass is 16.5.